The SMILES string of the molecule is COc1cccc(NC(=O)CN(Cc2ccccc2)S(=O)(=O)c2ccc3c(c2)OCCO3)c1. The third-order valence-corrected chi connectivity index (χ3v) is 6.81. The maximum atomic E-state index is 13.5. The standard InChI is InChI=1S/C24H24N2O6S/c1-30-20-9-5-8-19(14-20)25-24(27)17-26(16-18-6-3-2-4-7-18)33(28,29)21-10-11-22-23(15-21)32-13-12-31-22/h2-11,14-15H,12-13,16-17H2,1H3,(H,25,27). The molecule has 4 rings (SSSR count). The van der Waals surface area contributed by atoms with Crippen LogP contribution in [0.25, 0.3) is 0 Å². The van der Waals surface area contributed by atoms with Crippen LogP contribution in [0.1, 0.15) is 5.56 Å². The molecule has 3 aromatic rings. The van der Waals surface area contributed by atoms with Gasteiger partial charge in [-0.3, -0.25) is 4.79 Å². The Labute approximate surface area is 192 Å². The van der Waals surface area contributed by atoms with Gasteiger partial charge in [-0.2, -0.15) is 4.31 Å². The number of anilines is 1. The molecule has 0 unspecified atom stereocenters. The molecule has 1 amide bonds. The maximum Gasteiger partial charge on any atom is 0.243 e. The highest BCUT2D eigenvalue weighted by Crippen LogP contribution is 2.33. The van der Waals surface area contributed by atoms with Crippen LogP contribution < -0.4 is 19.5 Å². The number of rotatable bonds is 8. The second-order valence-corrected chi connectivity index (χ2v) is 9.28. The van der Waals surface area contributed by atoms with Crippen molar-refractivity contribution in [3.8, 4) is 17.2 Å². The molecule has 9 heteroatoms. The number of amides is 1. The molecule has 0 saturated heterocycles. The molecule has 1 heterocycles. The van der Waals surface area contributed by atoms with Crippen molar-refractivity contribution < 1.29 is 27.4 Å². The zero-order chi connectivity index (χ0) is 23.3. The van der Waals surface area contributed by atoms with E-state index >= 15 is 0 Å². The highest BCUT2D eigenvalue weighted by molar-refractivity contribution is 7.89. The minimum atomic E-state index is -4.02. The molecule has 33 heavy (non-hydrogen) atoms. The fraction of sp³-hybridized carbons (Fsp3) is 0.208. The van der Waals surface area contributed by atoms with E-state index in [0.29, 0.717) is 36.1 Å². The number of carbonyl (C=O) groups excluding carboxylic acids is 1. The van der Waals surface area contributed by atoms with Gasteiger partial charge in [0.25, 0.3) is 0 Å². The van der Waals surface area contributed by atoms with Crippen molar-refractivity contribution in [1.29, 1.82) is 0 Å². The Kier molecular flexibility index (Phi) is 6.81. The lowest BCUT2D eigenvalue weighted by molar-refractivity contribution is -0.116. The highest BCUT2D eigenvalue weighted by atomic mass is 32.2. The summed E-state index contributed by atoms with van der Waals surface area (Å²) in [5.41, 5.74) is 1.27. The maximum absolute atomic E-state index is 13.5. The van der Waals surface area contributed by atoms with E-state index in [-0.39, 0.29) is 18.0 Å². The van der Waals surface area contributed by atoms with Gasteiger partial charge in [-0.05, 0) is 29.8 Å². The normalized spacial score (nSPS) is 12.9. The fourth-order valence-corrected chi connectivity index (χ4v) is 4.81. The Hall–Kier alpha value is -3.56. The molecule has 172 valence electrons. The van der Waals surface area contributed by atoms with Gasteiger partial charge in [-0.1, -0.05) is 36.4 Å². The Morgan fingerprint density at radius 1 is 0.970 bits per heavy atom. The highest BCUT2D eigenvalue weighted by Gasteiger charge is 2.28. The van der Waals surface area contributed by atoms with Gasteiger partial charge in [0.1, 0.15) is 19.0 Å². The van der Waals surface area contributed by atoms with E-state index in [1.807, 2.05) is 30.3 Å². The average Bonchev–Trinajstić information content (AvgIpc) is 2.84. The number of nitrogens with one attached hydrogen (secondary N) is 1. The minimum absolute atomic E-state index is 0.0249. The zero-order valence-electron chi connectivity index (χ0n) is 18.1. The molecule has 0 aromatic heterocycles. The van der Waals surface area contributed by atoms with E-state index < -0.39 is 15.9 Å². The minimum Gasteiger partial charge on any atom is -0.497 e. The van der Waals surface area contributed by atoms with Crippen LogP contribution in [0.15, 0.2) is 77.7 Å². The van der Waals surface area contributed by atoms with Gasteiger partial charge in [0, 0.05) is 24.4 Å². The Morgan fingerprint density at radius 3 is 2.48 bits per heavy atom. The van der Waals surface area contributed by atoms with E-state index in [1.165, 1.54) is 19.2 Å². The van der Waals surface area contributed by atoms with Crippen LogP contribution in [0.4, 0.5) is 5.69 Å². The smallest absolute Gasteiger partial charge is 0.243 e. The molecule has 1 aliphatic rings. The van der Waals surface area contributed by atoms with Crippen LogP contribution in [0.2, 0.25) is 0 Å². The molecule has 0 saturated carbocycles. The number of fused-ring (bicyclic) bond motifs is 1. The van der Waals surface area contributed by atoms with Gasteiger partial charge in [0.15, 0.2) is 11.5 Å². The third-order valence-electron chi connectivity index (χ3n) is 5.03. The van der Waals surface area contributed by atoms with Crippen LogP contribution in [0, 0.1) is 0 Å². The van der Waals surface area contributed by atoms with E-state index in [9.17, 15) is 13.2 Å². The van der Waals surface area contributed by atoms with E-state index in [4.69, 9.17) is 14.2 Å². The fourth-order valence-electron chi connectivity index (χ4n) is 3.41. The molecule has 0 atom stereocenters. The van der Waals surface area contributed by atoms with Crippen molar-refractivity contribution >= 4 is 21.6 Å². The molecule has 0 spiro atoms. The second-order valence-electron chi connectivity index (χ2n) is 7.34. The van der Waals surface area contributed by atoms with Crippen molar-refractivity contribution in [1.82, 2.24) is 4.31 Å². The van der Waals surface area contributed by atoms with Gasteiger partial charge in [-0.25, -0.2) is 8.42 Å². The van der Waals surface area contributed by atoms with Crippen molar-refractivity contribution in [2.45, 2.75) is 11.4 Å². The molecular weight excluding hydrogens is 444 g/mol. The van der Waals surface area contributed by atoms with Crippen LogP contribution in [0.3, 0.4) is 0 Å². The number of hydrogen-bond acceptors (Lipinski definition) is 6. The van der Waals surface area contributed by atoms with Crippen LogP contribution in [-0.4, -0.2) is 45.5 Å². The first-order valence-corrected chi connectivity index (χ1v) is 11.8. The Morgan fingerprint density at radius 2 is 1.73 bits per heavy atom. The summed E-state index contributed by atoms with van der Waals surface area (Å²) in [5, 5.41) is 2.74. The summed E-state index contributed by atoms with van der Waals surface area (Å²) in [4.78, 5) is 12.8. The summed E-state index contributed by atoms with van der Waals surface area (Å²) in [5.74, 6) is 0.964. The monoisotopic (exact) mass is 468 g/mol. The van der Waals surface area contributed by atoms with Crippen molar-refractivity contribution in [3.63, 3.8) is 0 Å². The first-order chi connectivity index (χ1) is 16.0. The van der Waals surface area contributed by atoms with Gasteiger partial charge in [0.2, 0.25) is 15.9 Å². The lowest BCUT2D eigenvalue weighted by atomic mass is 10.2. The number of benzene rings is 3. The molecule has 3 aromatic carbocycles. The van der Waals surface area contributed by atoms with E-state index in [2.05, 4.69) is 5.32 Å². The van der Waals surface area contributed by atoms with Crippen molar-refractivity contribution in [2.75, 3.05) is 32.2 Å². The topological polar surface area (TPSA) is 94.2 Å². The molecule has 0 fully saturated rings. The summed E-state index contributed by atoms with van der Waals surface area (Å²) >= 11 is 0. The van der Waals surface area contributed by atoms with Gasteiger partial charge >= 0.3 is 0 Å². The van der Waals surface area contributed by atoms with E-state index in [0.717, 1.165) is 9.87 Å². The van der Waals surface area contributed by atoms with Crippen molar-refractivity contribution in [2.24, 2.45) is 0 Å². The second kappa shape index (κ2) is 9.93. The Balaban J connectivity index is 1.60. The van der Waals surface area contributed by atoms with Crippen LogP contribution in [0.5, 0.6) is 17.2 Å². The first kappa shape index (κ1) is 22.6. The van der Waals surface area contributed by atoms with Crippen LogP contribution >= 0.6 is 0 Å². The Bertz CT molecular complexity index is 1230. The molecule has 8 nitrogen and oxygen atoms in total. The predicted molar refractivity (Wildman–Crippen MR) is 123 cm³/mol. The third kappa shape index (κ3) is 5.44. The molecule has 1 N–H and O–H groups in total. The number of carbonyl (C=O) groups is 1. The summed E-state index contributed by atoms with van der Waals surface area (Å²) in [6.45, 7) is 0.406. The van der Waals surface area contributed by atoms with Crippen LogP contribution in [-0.2, 0) is 21.4 Å². The van der Waals surface area contributed by atoms with E-state index in [1.54, 1.807) is 30.3 Å². The summed E-state index contributed by atoms with van der Waals surface area (Å²) in [6.07, 6.45) is 0. The molecule has 0 bridgehead atoms. The van der Waals surface area contributed by atoms with Gasteiger partial charge < -0.3 is 19.5 Å². The molecular formula is C24H24N2O6S. The quantitative estimate of drug-likeness (QED) is 0.545. The van der Waals surface area contributed by atoms with Gasteiger partial charge in [-0.15, -0.1) is 0 Å². The zero-order valence-corrected chi connectivity index (χ0v) is 18.9. The molecule has 0 radical (unpaired) electrons. The number of methoxy groups -OCH3 is 1. The largest absolute Gasteiger partial charge is 0.497 e. The predicted octanol–water partition coefficient (Wildman–Crippen LogP) is 3.30. The number of ether oxygens (including phenoxy) is 3. The van der Waals surface area contributed by atoms with Gasteiger partial charge in [0.05, 0.1) is 18.6 Å². The molecule has 1 aliphatic heterocycles. The summed E-state index contributed by atoms with van der Waals surface area (Å²) in [7, 11) is -2.49. The average molecular weight is 469 g/mol. The van der Waals surface area contributed by atoms with Crippen molar-refractivity contribution in [3.05, 3.63) is 78.4 Å². The first-order valence-electron chi connectivity index (χ1n) is 10.3. The summed E-state index contributed by atoms with van der Waals surface area (Å²) < 4.78 is 44.4. The number of hydrogen-bond donors (Lipinski definition) is 1. The molecule has 0 aliphatic carbocycles. The number of sulfonamides is 1. The number of nitrogens with zero attached hydrogens (tertiary/aromatic N) is 1. The lowest BCUT2D eigenvalue weighted by Crippen LogP contribution is -2.37. The lowest BCUT2D eigenvalue weighted by Gasteiger charge is -2.24. The summed E-state index contributed by atoms with van der Waals surface area (Å²) in [6, 6.07) is 20.4.